The van der Waals surface area contributed by atoms with Gasteiger partial charge in [0.25, 0.3) is 0 Å². The summed E-state index contributed by atoms with van der Waals surface area (Å²) in [5.74, 6) is 1.33. The molecule has 3 atom stereocenters. The van der Waals surface area contributed by atoms with Crippen molar-refractivity contribution >= 4 is 35.0 Å². The zero-order chi connectivity index (χ0) is 14.7. The number of hydrogen-bond acceptors (Lipinski definition) is 5. The van der Waals surface area contributed by atoms with Crippen LogP contribution in [0.15, 0.2) is 41.8 Å². The van der Waals surface area contributed by atoms with Crippen LogP contribution in [0.25, 0.3) is 0 Å². The molecule has 1 aliphatic rings. The predicted molar refractivity (Wildman–Crippen MR) is 90.5 cm³/mol. The van der Waals surface area contributed by atoms with E-state index in [-0.39, 0.29) is 6.04 Å². The van der Waals surface area contributed by atoms with Gasteiger partial charge in [-0.05, 0) is 41.2 Å². The first-order valence-electron chi connectivity index (χ1n) is 6.75. The van der Waals surface area contributed by atoms with Crippen molar-refractivity contribution in [3.8, 4) is 0 Å². The molecule has 0 radical (unpaired) electrons. The minimum atomic E-state index is 0.247. The second-order valence-corrected chi connectivity index (χ2v) is 7.24. The van der Waals surface area contributed by atoms with E-state index in [0.717, 1.165) is 10.8 Å². The zero-order valence-electron chi connectivity index (χ0n) is 11.6. The van der Waals surface area contributed by atoms with Crippen molar-refractivity contribution in [3.05, 3.63) is 57.2 Å². The van der Waals surface area contributed by atoms with E-state index in [0.29, 0.717) is 12.0 Å². The Hall–Kier alpha value is -0.560. The van der Waals surface area contributed by atoms with Gasteiger partial charge in [0.1, 0.15) is 0 Å². The Labute approximate surface area is 138 Å². The fourth-order valence-electron chi connectivity index (χ4n) is 2.68. The number of halogens is 1. The van der Waals surface area contributed by atoms with Crippen molar-refractivity contribution in [3.63, 3.8) is 0 Å². The van der Waals surface area contributed by atoms with Crippen LogP contribution in [0.4, 0.5) is 0 Å². The molecule has 1 aliphatic heterocycles. The normalized spacial score (nSPS) is 25.3. The van der Waals surface area contributed by atoms with Crippen LogP contribution in [0.5, 0.6) is 0 Å². The van der Waals surface area contributed by atoms with Gasteiger partial charge in [0.15, 0.2) is 0 Å². The van der Waals surface area contributed by atoms with Gasteiger partial charge in [-0.1, -0.05) is 29.8 Å². The van der Waals surface area contributed by atoms with Crippen LogP contribution in [0.3, 0.4) is 0 Å². The second-order valence-electron chi connectivity index (χ2n) is 4.93. The largest absolute Gasteiger partial charge is 0.319 e. The third-order valence-corrected chi connectivity index (χ3v) is 5.67. The molecule has 0 spiro atoms. The molecule has 1 fully saturated rings. The monoisotopic (exact) mass is 340 g/mol. The first-order chi connectivity index (χ1) is 10.3. The van der Waals surface area contributed by atoms with Crippen LogP contribution in [0.2, 0.25) is 5.02 Å². The van der Waals surface area contributed by atoms with Gasteiger partial charge in [0.2, 0.25) is 0 Å². The molecular weight excluding hydrogens is 324 g/mol. The van der Waals surface area contributed by atoms with E-state index in [1.165, 1.54) is 22.5 Å². The quantitative estimate of drug-likeness (QED) is 0.799. The molecule has 2 heterocycles. The van der Waals surface area contributed by atoms with E-state index in [9.17, 15) is 0 Å². The molecule has 3 nitrogen and oxygen atoms in total. The minimum absolute atomic E-state index is 0.247. The Kier molecular flexibility index (Phi) is 5.21. The number of rotatable bonds is 5. The Balaban J connectivity index is 1.84. The highest BCUT2D eigenvalue weighted by atomic mass is 35.5. The van der Waals surface area contributed by atoms with Crippen LogP contribution in [0.1, 0.15) is 22.5 Å². The molecular formula is C15H17ClN2OS2. The molecule has 1 saturated heterocycles. The van der Waals surface area contributed by atoms with Gasteiger partial charge in [-0.25, -0.2) is 10.9 Å². The van der Waals surface area contributed by atoms with Gasteiger partial charge < -0.3 is 4.18 Å². The number of thiophene rings is 1. The van der Waals surface area contributed by atoms with E-state index >= 15 is 0 Å². The van der Waals surface area contributed by atoms with Crippen molar-refractivity contribution in [1.82, 2.24) is 10.9 Å². The lowest BCUT2D eigenvalue weighted by Gasteiger charge is -2.22. The highest BCUT2D eigenvalue weighted by molar-refractivity contribution is 7.94. The maximum absolute atomic E-state index is 5.99. The highest BCUT2D eigenvalue weighted by Gasteiger charge is 2.38. The molecule has 3 unspecified atom stereocenters. The summed E-state index contributed by atoms with van der Waals surface area (Å²) >= 11 is 9.28. The molecule has 0 amide bonds. The Morgan fingerprint density at radius 2 is 1.95 bits per heavy atom. The molecule has 2 aromatic rings. The molecule has 0 bridgehead atoms. The zero-order valence-corrected chi connectivity index (χ0v) is 14.0. The summed E-state index contributed by atoms with van der Waals surface area (Å²) in [6, 6.07) is 12.9. The van der Waals surface area contributed by atoms with Crippen molar-refractivity contribution in [1.29, 1.82) is 0 Å². The molecule has 0 saturated carbocycles. The van der Waals surface area contributed by atoms with Gasteiger partial charge in [-0.3, -0.25) is 0 Å². The van der Waals surface area contributed by atoms with Gasteiger partial charge >= 0.3 is 0 Å². The van der Waals surface area contributed by atoms with Crippen molar-refractivity contribution in [2.24, 2.45) is 5.92 Å². The first kappa shape index (κ1) is 15.3. The Bertz CT molecular complexity index is 562. The summed E-state index contributed by atoms with van der Waals surface area (Å²) in [7, 11) is 1.72. The molecule has 0 aliphatic carbocycles. The van der Waals surface area contributed by atoms with E-state index in [1.54, 1.807) is 18.4 Å². The Morgan fingerprint density at radius 3 is 2.62 bits per heavy atom. The molecule has 112 valence electrons. The summed E-state index contributed by atoms with van der Waals surface area (Å²) in [4.78, 5) is 1.35. The van der Waals surface area contributed by atoms with Crippen LogP contribution in [-0.4, -0.2) is 12.9 Å². The molecule has 1 aromatic heterocycles. The van der Waals surface area contributed by atoms with Crippen LogP contribution in [0, 0.1) is 5.92 Å². The van der Waals surface area contributed by atoms with Crippen LogP contribution < -0.4 is 10.9 Å². The molecule has 3 rings (SSSR count). The molecule has 1 aromatic carbocycles. The van der Waals surface area contributed by atoms with E-state index < -0.39 is 0 Å². The van der Waals surface area contributed by atoms with Gasteiger partial charge in [0.05, 0.1) is 19.2 Å². The fourth-order valence-corrected chi connectivity index (χ4v) is 4.33. The lowest BCUT2D eigenvalue weighted by Crippen LogP contribution is -2.26. The average Bonchev–Trinajstić information content (AvgIpc) is 3.15. The van der Waals surface area contributed by atoms with E-state index in [2.05, 4.69) is 40.5 Å². The van der Waals surface area contributed by atoms with Gasteiger partial charge in [-0.2, -0.15) is 0 Å². The second kappa shape index (κ2) is 7.13. The van der Waals surface area contributed by atoms with Gasteiger partial charge in [0, 0.05) is 21.6 Å². The summed E-state index contributed by atoms with van der Waals surface area (Å²) in [5.41, 5.74) is 8.12. The highest BCUT2D eigenvalue weighted by Crippen LogP contribution is 2.40. The van der Waals surface area contributed by atoms with Gasteiger partial charge in [-0.15, -0.1) is 11.3 Å². The standard InChI is InChI=1S/C15H17ClN2OS2/c1-19-21-9-12-14(10-4-6-11(16)7-5-10)17-18-15(12)13-3-2-8-20-13/h2-8,12,14-15,17-18H,9H2,1H3. The summed E-state index contributed by atoms with van der Waals surface area (Å²) in [6.07, 6.45) is 0. The van der Waals surface area contributed by atoms with Crippen LogP contribution >= 0.6 is 35.0 Å². The lowest BCUT2D eigenvalue weighted by atomic mass is 9.90. The topological polar surface area (TPSA) is 33.3 Å². The molecule has 6 heteroatoms. The van der Waals surface area contributed by atoms with Crippen LogP contribution in [-0.2, 0) is 4.18 Å². The van der Waals surface area contributed by atoms with Crippen molar-refractivity contribution in [2.45, 2.75) is 12.1 Å². The number of nitrogens with one attached hydrogen (secondary N) is 2. The maximum Gasteiger partial charge on any atom is 0.0611 e. The summed E-state index contributed by atoms with van der Waals surface area (Å²) in [6.45, 7) is 0. The summed E-state index contributed by atoms with van der Waals surface area (Å²) < 4.78 is 5.22. The smallest absolute Gasteiger partial charge is 0.0611 e. The fraction of sp³-hybridized carbons (Fsp3) is 0.333. The lowest BCUT2D eigenvalue weighted by molar-refractivity contribution is 0.449. The molecule has 21 heavy (non-hydrogen) atoms. The number of benzene rings is 1. The average molecular weight is 341 g/mol. The third-order valence-electron chi connectivity index (χ3n) is 3.71. The van der Waals surface area contributed by atoms with Crippen molar-refractivity contribution < 1.29 is 4.18 Å². The SMILES string of the molecule is COSCC1C(c2ccc(Cl)cc2)NNC1c1cccs1. The van der Waals surface area contributed by atoms with E-state index in [1.807, 2.05) is 12.1 Å². The minimum Gasteiger partial charge on any atom is -0.319 e. The number of hydrazine groups is 1. The van der Waals surface area contributed by atoms with Crippen molar-refractivity contribution in [2.75, 3.05) is 12.9 Å². The molecule has 2 N–H and O–H groups in total. The maximum atomic E-state index is 5.99. The number of hydrogen-bond donors (Lipinski definition) is 2. The predicted octanol–water partition coefficient (Wildman–Crippen LogP) is 4.20. The third kappa shape index (κ3) is 3.44. The summed E-state index contributed by atoms with van der Waals surface area (Å²) in [5, 5.41) is 2.88. The Morgan fingerprint density at radius 1 is 1.19 bits per heavy atom. The first-order valence-corrected chi connectivity index (χ1v) is 8.92. The van der Waals surface area contributed by atoms with E-state index in [4.69, 9.17) is 15.8 Å².